The van der Waals surface area contributed by atoms with E-state index in [1.165, 1.54) is 35.0 Å². The fraction of sp³-hybridized carbons (Fsp3) is 0.467. The average molecular weight is 229 g/mol. The highest BCUT2D eigenvalue weighted by Gasteiger charge is 2.27. The van der Waals surface area contributed by atoms with E-state index in [2.05, 4.69) is 36.6 Å². The van der Waals surface area contributed by atoms with E-state index in [4.69, 9.17) is 4.74 Å². The lowest BCUT2D eigenvalue weighted by molar-refractivity contribution is 0.415. The standard InChI is InChI=1S/C15H19NO/c1-4-13-10(2)16(11-5-6-11)15-8-7-12(17-3)9-14(13)15/h7-9,11H,4-6H2,1-3H3. The van der Waals surface area contributed by atoms with E-state index >= 15 is 0 Å². The van der Waals surface area contributed by atoms with Crippen molar-refractivity contribution in [3.63, 3.8) is 0 Å². The molecule has 1 aromatic heterocycles. The molecule has 2 nitrogen and oxygen atoms in total. The summed E-state index contributed by atoms with van der Waals surface area (Å²) in [6, 6.07) is 7.20. The minimum atomic E-state index is 0.742. The van der Waals surface area contributed by atoms with E-state index in [9.17, 15) is 0 Å². The van der Waals surface area contributed by atoms with Gasteiger partial charge in [0.25, 0.3) is 0 Å². The molecular formula is C15H19NO. The van der Waals surface area contributed by atoms with Crippen molar-refractivity contribution < 1.29 is 4.74 Å². The molecule has 17 heavy (non-hydrogen) atoms. The molecule has 0 amide bonds. The number of hydrogen-bond acceptors (Lipinski definition) is 1. The first-order chi connectivity index (χ1) is 8.26. The van der Waals surface area contributed by atoms with E-state index in [1.54, 1.807) is 7.11 Å². The highest BCUT2D eigenvalue weighted by molar-refractivity contribution is 5.87. The lowest BCUT2D eigenvalue weighted by Gasteiger charge is -2.06. The molecular weight excluding hydrogens is 210 g/mol. The molecule has 2 heteroatoms. The predicted molar refractivity (Wildman–Crippen MR) is 70.9 cm³/mol. The zero-order valence-electron chi connectivity index (χ0n) is 10.8. The van der Waals surface area contributed by atoms with Crippen LogP contribution in [-0.4, -0.2) is 11.7 Å². The van der Waals surface area contributed by atoms with Crippen LogP contribution in [-0.2, 0) is 6.42 Å². The van der Waals surface area contributed by atoms with Gasteiger partial charge in [-0.05, 0) is 49.9 Å². The molecule has 0 bridgehead atoms. The smallest absolute Gasteiger partial charge is 0.119 e. The van der Waals surface area contributed by atoms with Crippen molar-refractivity contribution in [2.45, 2.75) is 39.2 Å². The number of fused-ring (bicyclic) bond motifs is 1. The van der Waals surface area contributed by atoms with Gasteiger partial charge < -0.3 is 9.30 Å². The van der Waals surface area contributed by atoms with Crippen LogP contribution in [0.1, 0.15) is 37.1 Å². The van der Waals surface area contributed by atoms with Gasteiger partial charge >= 0.3 is 0 Å². The highest BCUT2D eigenvalue weighted by atomic mass is 16.5. The number of methoxy groups -OCH3 is 1. The second kappa shape index (κ2) is 3.80. The van der Waals surface area contributed by atoms with Crippen LogP contribution in [0.5, 0.6) is 5.75 Å². The van der Waals surface area contributed by atoms with Crippen LogP contribution in [0.15, 0.2) is 18.2 Å². The van der Waals surface area contributed by atoms with Crippen LogP contribution < -0.4 is 4.74 Å². The quantitative estimate of drug-likeness (QED) is 0.779. The molecule has 0 spiro atoms. The molecule has 1 aliphatic rings. The Hall–Kier alpha value is -1.44. The van der Waals surface area contributed by atoms with Crippen molar-refractivity contribution in [2.75, 3.05) is 7.11 Å². The first-order valence-electron chi connectivity index (χ1n) is 6.43. The number of ether oxygens (including phenoxy) is 1. The molecule has 1 fully saturated rings. The monoisotopic (exact) mass is 229 g/mol. The van der Waals surface area contributed by atoms with Gasteiger partial charge in [-0.1, -0.05) is 6.92 Å². The maximum absolute atomic E-state index is 5.34. The number of benzene rings is 1. The summed E-state index contributed by atoms with van der Waals surface area (Å²) >= 11 is 0. The lowest BCUT2D eigenvalue weighted by atomic mass is 10.1. The molecule has 1 saturated carbocycles. The van der Waals surface area contributed by atoms with Crippen LogP contribution >= 0.6 is 0 Å². The molecule has 1 aliphatic carbocycles. The molecule has 0 atom stereocenters. The molecule has 2 aromatic rings. The predicted octanol–water partition coefficient (Wildman–Crippen LogP) is 3.86. The fourth-order valence-corrected chi connectivity index (χ4v) is 2.86. The third-order valence-corrected chi connectivity index (χ3v) is 3.85. The van der Waals surface area contributed by atoms with Crippen molar-refractivity contribution in [3.05, 3.63) is 29.5 Å². The van der Waals surface area contributed by atoms with Crippen molar-refractivity contribution in [1.82, 2.24) is 4.57 Å². The fourth-order valence-electron chi connectivity index (χ4n) is 2.86. The summed E-state index contributed by atoms with van der Waals surface area (Å²) in [7, 11) is 1.73. The molecule has 1 aromatic carbocycles. The Balaban J connectivity index is 2.30. The Labute approximate surface area is 102 Å². The van der Waals surface area contributed by atoms with Gasteiger partial charge in [-0.15, -0.1) is 0 Å². The molecule has 0 aliphatic heterocycles. The number of aromatic nitrogens is 1. The van der Waals surface area contributed by atoms with E-state index in [0.717, 1.165) is 18.2 Å². The van der Waals surface area contributed by atoms with Crippen LogP contribution in [0.2, 0.25) is 0 Å². The Morgan fingerprint density at radius 3 is 2.71 bits per heavy atom. The van der Waals surface area contributed by atoms with E-state index in [-0.39, 0.29) is 0 Å². The molecule has 1 heterocycles. The van der Waals surface area contributed by atoms with Crippen molar-refractivity contribution in [1.29, 1.82) is 0 Å². The lowest BCUT2D eigenvalue weighted by Crippen LogP contribution is -1.96. The molecule has 3 rings (SSSR count). The Kier molecular flexibility index (Phi) is 2.39. The highest BCUT2D eigenvalue weighted by Crippen LogP contribution is 2.41. The number of rotatable bonds is 3. The summed E-state index contributed by atoms with van der Waals surface area (Å²) in [5.41, 5.74) is 4.30. The van der Waals surface area contributed by atoms with Gasteiger partial charge in [-0.3, -0.25) is 0 Å². The van der Waals surface area contributed by atoms with Crippen LogP contribution in [0.25, 0.3) is 10.9 Å². The van der Waals surface area contributed by atoms with Gasteiger partial charge in [0.2, 0.25) is 0 Å². The number of hydrogen-bond donors (Lipinski definition) is 0. The zero-order chi connectivity index (χ0) is 12.0. The molecule has 0 N–H and O–H groups in total. The van der Waals surface area contributed by atoms with E-state index in [1.807, 2.05) is 0 Å². The van der Waals surface area contributed by atoms with Crippen LogP contribution in [0.3, 0.4) is 0 Å². The van der Waals surface area contributed by atoms with Gasteiger partial charge in [0.05, 0.1) is 7.11 Å². The van der Waals surface area contributed by atoms with E-state index in [0.29, 0.717) is 0 Å². The second-order valence-electron chi connectivity index (χ2n) is 4.90. The molecule has 90 valence electrons. The Bertz CT molecular complexity index is 564. The van der Waals surface area contributed by atoms with Gasteiger partial charge in [0.1, 0.15) is 5.75 Å². The van der Waals surface area contributed by atoms with Crippen molar-refractivity contribution >= 4 is 10.9 Å². The average Bonchev–Trinajstić information content (AvgIpc) is 3.12. The largest absolute Gasteiger partial charge is 0.497 e. The maximum atomic E-state index is 5.34. The number of nitrogens with zero attached hydrogens (tertiary/aromatic N) is 1. The van der Waals surface area contributed by atoms with Gasteiger partial charge in [0, 0.05) is 22.6 Å². The second-order valence-corrected chi connectivity index (χ2v) is 4.90. The van der Waals surface area contributed by atoms with Crippen LogP contribution in [0.4, 0.5) is 0 Å². The van der Waals surface area contributed by atoms with Crippen LogP contribution in [0, 0.1) is 6.92 Å². The SMILES string of the molecule is CCc1c(C)n(C2CC2)c2ccc(OC)cc12. The van der Waals surface area contributed by atoms with Crippen molar-refractivity contribution in [3.8, 4) is 5.75 Å². The number of aryl methyl sites for hydroxylation is 1. The zero-order valence-corrected chi connectivity index (χ0v) is 10.8. The third-order valence-electron chi connectivity index (χ3n) is 3.85. The molecule has 0 radical (unpaired) electrons. The van der Waals surface area contributed by atoms with Gasteiger partial charge in [-0.25, -0.2) is 0 Å². The summed E-state index contributed by atoms with van der Waals surface area (Å²) in [5, 5.41) is 1.37. The van der Waals surface area contributed by atoms with Gasteiger partial charge in [-0.2, -0.15) is 0 Å². The first kappa shape index (κ1) is 10.7. The maximum Gasteiger partial charge on any atom is 0.119 e. The summed E-state index contributed by atoms with van der Waals surface area (Å²) < 4.78 is 7.86. The Morgan fingerprint density at radius 1 is 1.35 bits per heavy atom. The summed E-state index contributed by atoms with van der Waals surface area (Å²) in [6.07, 6.45) is 3.76. The van der Waals surface area contributed by atoms with Crippen molar-refractivity contribution in [2.24, 2.45) is 0 Å². The summed E-state index contributed by atoms with van der Waals surface area (Å²) in [5.74, 6) is 0.958. The first-order valence-corrected chi connectivity index (χ1v) is 6.43. The Morgan fingerprint density at radius 2 is 2.12 bits per heavy atom. The molecule has 0 unspecified atom stereocenters. The minimum Gasteiger partial charge on any atom is -0.497 e. The topological polar surface area (TPSA) is 14.2 Å². The minimum absolute atomic E-state index is 0.742. The molecule has 0 saturated heterocycles. The van der Waals surface area contributed by atoms with Gasteiger partial charge in [0.15, 0.2) is 0 Å². The summed E-state index contributed by atoms with van der Waals surface area (Å²) in [4.78, 5) is 0. The third kappa shape index (κ3) is 1.54. The van der Waals surface area contributed by atoms with E-state index < -0.39 is 0 Å². The normalized spacial score (nSPS) is 15.5. The summed E-state index contributed by atoms with van der Waals surface area (Å²) in [6.45, 7) is 4.49.